The third kappa shape index (κ3) is 3.17. The number of thioether (sulfide) groups is 1. The van der Waals surface area contributed by atoms with Crippen molar-refractivity contribution in [2.45, 2.75) is 18.6 Å². The Kier molecular flexibility index (Phi) is 4.20. The molecule has 0 aliphatic carbocycles. The van der Waals surface area contributed by atoms with Crippen LogP contribution in [0.4, 0.5) is 5.82 Å². The molecule has 1 aromatic carbocycles. The molecule has 0 radical (unpaired) electrons. The summed E-state index contributed by atoms with van der Waals surface area (Å²) in [4.78, 5) is 33.5. The quantitative estimate of drug-likeness (QED) is 0.871. The molecular weight excluding hydrogens is 298 g/mol. The van der Waals surface area contributed by atoms with Crippen molar-refractivity contribution in [1.82, 2.24) is 9.97 Å². The van der Waals surface area contributed by atoms with E-state index in [0.29, 0.717) is 18.8 Å². The molecule has 3 rings (SSSR count). The number of rotatable bonds is 3. The molecule has 0 saturated carbocycles. The van der Waals surface area contributed by atoms with Crippen molar-refractivity contribution in [3.05, 3.63) is 42.7 Å². The molecular formula is C16H15N3O2S. The summed E-state index contributed by atoms with van der Waals surface area (Å²) < 4.78 is 0. The summed E-state index contributed by atoms with van der Waals surface area (Å²) in [6, 6.07) is 9.76. The lowest BCUT2D eigenvalue weighted by Crippen LogP contribution is -2.26. The molecule has 0 N–H and O–H groups in total. The van der Waals surface area contributed by atoms with Gasteiger partial charge in [-0.3, -0.25) is 19.5 Å². The van der Waals surface area contributed by atoms with Crippen LogP contribution in [0.1, 0.15) is 13.3 Å². The number of nitrogens with zero attached hydrogens (tertiary/aromatic N) is 3. The van der Waals surface area contributed by atoms with E-state index in [9.17, 15) is 9.59 Å². The molecule has 1 atom stereocenters. The van der Waals surface area contributed by atoms with Crippen LogP contribution < -0.4 is 4.90 Å². The molecule has 1 aliphatic heterocycles. The van der Waals surface area contributed by atoms with E-state index in [2.05, 4.69) is 9.97 Å². The molecule has 2 aromatic rings. The molecule has 0 spiro atoms. The summed E-state index contributed by atoms with van der Waals surface area (Å²) in [7, 11) is 0. The predicted molar refractivity (Wildman–Crippen MR) is 86.5 cm³/mol. The molecule has 1 aromatic heterocycles. The van der Waals surface area contributed by atoms with E-state index >= 15 is 0 Å². The van der Waals surface area contributed by atoms with E-state index < -0.39 is 0 Å². The molecule has 1 aliphatic rings. The molecule has 1 unspecified atom stereocenters. The fourth-order valence-corrected chi connectivity index (χ4v) is 3.35. The zero-order valence-corrected chi connectivity index (χ0v) is 12.9. The summed E-state index contributed by atoms with van der Waals surface area (Å²) in [6.07, 6.45) is 3.65. The van der Waals surface area contributed by atoms with Crippen LogP contribution in [-0.4, -0.2) is 32.8 Å². The average molecular weight is 313 g/mol. The van der Waals surface area contributed by atoms with Crippen molar-refractivity contribution in [2.75, 3.05) is 11.4 Å². The van der Waals surface area contributed by atoms with Crippen LogP contribution in [0.5, 0.6) is 0 Å². The number of anilines is 1. The Morgan fingerprint density at radius 1 is 1.23 bits per heavy atom. The lowest BCUT2D eigenvalue weighted by Gasteiger charge is -2.15. The third-order valence-electron chi connectivity index (χ3n) is 3.41. The van der Waals surface area contributed by atoms with Crippen LogP contribution in [0.15, 0.2) is 42.7 Å². The highest BCUT2D eigenvalue weighted by Gasteiger charge is 2.32. The smallest absolute Gasteiger partial charge is 0.229 e. The Morgan fingerprint density at radius 2 is 2.00 bits per heavy atom. The largest absolute Gasteiger partial charge is 0.294 e. The first-order valence-electron chi connectivity index (χ1n) is 6.98. The third-order valence-corrected chi connectivity index (χ3v) is 4.39. The number of amides is 1. The minimum atomic E-state index is -0.0134. The second kappa shape index (κ2) is 6.27. The highest BCUT2D eigenvalue weighted by Crippen LogP contribution is 2.27. The molecule has 0 bridgehead atoms. The Balaban J connectivity index is 1.76. The lowest BCUT2D eigenvalue weighted by molar-refractivity contribution is -0.117. The van der Waals surface area contributed by atoms with E-state index in [1.54, 1.807) is 17.3 Å². The second-order valence-electron chi connectivity index (χ2n) is 5.07. The highest BCUT2D eigenvalue weighted by molar-refractivity contribution is 8.14. The summed E-state index contributed by atoms with van der Waals surface area (Å²) in [5.41, 5.74) is 1.75. The molecule has 6 heteroatoms. The lowest BCUT2D eigenvalue weighted by atomic mass is 10.2. The normalized spacial score (nSPS) is 17.8. The first-order valence-corrected chi connectivity index (χ1v) is 7.86. The van der Waals surface area contributed by atoms with Gasteiger partial charge in [0.1, 0.15) is 0 Å². The summed E-state index contributed by atoms with van der Waals surface area (Å²) in [5.74, 6) is 0.525. The van der Waals surface area contributed by atoms with Gasteiger partial charge in [-0.15, -0.1) is 0 Å². The average Bonchev–Trinajstić information content (AvgIpc) is 2.88. The van der Waals surface area contributed by atoms with Gasteiger partial charge in [0.25, 0.3) is 0 Å². The Bertz CT molecular complexity index is 688. The minimum absolute atomic E-state index is 0.000555. The summed E-state index contributed by atoms with van der Waals surface area (Å²) in [6.45, 7) is 2.02. The zero-order chi connectivity index (χ0) is 15.5. The summed E-state index contributed by atoms with van der Waals surface area (Å²) in [5, 5.41) is 0.0331. The van der Waals surface area contributed by atoms with Gasteiger partial charge in [0.05, 0.1) is 18.1 Å². The molecule has 1 fully saturated rings. The van der Waals surface area contributed by atoms with E-state index in [-0.39, 0.29) is 16.3 Å². The van der Waals surface area contributed by atoms with Gasteiger partial charge < -0.3 is 0 Å². The van der Waals surface area contributed by atoms with Gasteiger partial charge in [-0.25, -0.2) is 4.98 Å². The fourth-order valence-electron chi connectivity index (χ4n) is 2.43. The Labute approximate surface area is 132 Å². The van der Waals surface area contributed by atoms with Gasteiger partial charge >= 0.3 is 0 Å². The number of aromatic nitrogens is 2. The van der Waals surface area contributed by atoms with E-state index in [0.717, 1.165) is 11.3 Å². The van der Waals surface area contributed by atoms with Crippen molar-refractivity contribution in [3.8, 4) is 11.3 Å². The van der Waals surface area contributed by atoms with Crippen LogP contribution in [0.2, 0.25) is 0 Å². The maximum absolute atomic E-state index is 12.1. The van der Waals surface area contributed by atoms with Crippen molar-refractivity contribution in [2.24, 2.45) is 0 Å². The first-order chi connectivity index (χ1) is 10.6. The SMILES string of the molecule is CC(=O)SC1CC(=O)N(c2cnc(-c3ccccc3)cn2)C1. The van der Waals surface area contributed by atoms with Crippen molar-refractivity contribution in [1.29, 1.82) is 0 Å². The molecule has 112 valence electrons. The highest BCUT2D eigenvalue weighted by atomic mass is 32.2. The standard InChI is InChI=1S/C16H15N3O2S/c1-11(20)22-13-7-16(21)19(10-13)15-9-17-14(8-18-15)12-5-3-2-4-6-12/h2-6,8-9,13H,7,10H2,1H3. The van der Waals surface area contributed by atoms with Crippen molar-refractivity contribution >= 4 is 28.6 Å². The van der Waals surface area contributed by atoms with Gasteiger partial charge in [-0.1, -0.05) is 42.1 Å². The van der Waals surface area contributed by atoms with Crippen LogP contribution in [0.25, 0.3) is 11.3 Å². The number of carbonyl (C=O) groups excluding carboxylic acids is 2. The molecule has 22 heavy (non-hydrogen) atoms. The molecule has 1 saturated heterocycles. The maximum Gasteiger partial charge on any atom is 0.229 e. The fraction of sp³-hybridized carbons (Fsp3) is 0.250. The van der Waals surface area contributed by atoms with Crippen molar-refractivity contribution in [3.63, 3.8) is 0 Å². The second-order valence-corrected chi connectivity index (χ2v) is 6.54. The van der Waals surface area contributed by atoms with Gasteiger partial charge in [-0.05, 0) is 0 Å². The Morgan fingerprint density at radius 3 is 2.64 bits per heavy atom. The molecule has 2 heterocycles. The van der Waals surface area contributed by atoms with E-state index in [1.165, 1.54) is 18.7 Å². The van der Waals surface area contributed by atoms with Crippen LogP contribution >= 0.6 is 11.8 Å². The monoisotopic (exact) mass is 313 g/mol. The Hall–Kier alpha value is -2.21. The predicted octanol–water partition coefficient (Wildman–Crippen LogP) is 2.53. The van der Waals surface area contributed by atoms with Gasteiger partial charge in [0.2, 0.25) is 5.91 Å². The molecule has 1 amide bonds. The minimum Gasteiger partial charge on any atom is -0.294 e. The number of carbonyl (C=O) groups is 2. The van der Waals surface area contributed by atoms with Crippen molar-refractivity contribution < 1.29 is 9.59 Å². The summed E-state index contributed by atoms with van der Waals surface area (Å²) >= 11 is 1.21. The molecule has 5 nitrogen and oxygen atoms in total. The topological polar surface area (TPSA) is 63.2 Å². The number of benzene rings is 1. The first kappa shape index (κ1) is 14.7. The van der Waals surface area contributed by atoms with Crippen LogP contribution in [0, 0.1) is 0 Å². The van der Waals surface area contributed by atoms with Gasteiger partial charge in [0, 0.05) is 30.7 Å². The number of hydrogen-bond donors (Lipinski definition) is 0. The van der Waals surface area contributed by atoms with Crippen LogP contribution in [-0.2, 0) is 9.59 Å². The zero-order valence-electron chi connectivity index (χ0n) is 12.1. The number of hydrogen-bond acceptors (Lipinski definition) is 5. The van der Waals surface area contributed by atoms with Gasteiger partial charge in [-0.2, -0.15) is 0 Å². The van der Waals surface area contributed by atoms with Gasteiger partial charge in [0.15, 0.2) is 10.9 Å². The maximum atomic E-state index is 12.1. The van der Waals surface area contributed by atoms with E-state index in [4.69, 9.17) is 0 Å². The van der Waals surface area contributed by atoms with Crippen LogP contribution in [0.3, 0.4) is 0 Å². The van der Waals surface area contributed by atoms with E-state index in [1.807, 2.05) is 30.3 Å².